The van der Waals surface area contributed by atoms with E-state index in [1.807, 2.05) is 11.3 Å². The van der Waals surface area contributed by atoms with E-state index in [4.69, 9.17) is 0 Å². The van der Waals surface area contributed by atoms with Gasteiger partial charge in [-0.05, 0) is 69.5 Å². The van der Waals surface area contributed by atoms with Gasteiger partial charge in [-0.2, -0.15) is 0 Å². The zero-order valence-corrected chi connectivity index (χ0v) is 14.1. The van der Waals surface area contributed by atoms with Gasteiger partial charge >= 0.3 is 0 Å². The molecule has 1 aliphatic carbocycles. The summed E-state index contributed by atoms with van der Waals surface area (Å²) < 4.78 is 2.37. The van der Waals surface area contributed by atoms with E-state index >= 15 is 0 Å². The molecular weight excluding hydrogens is 362 g/mol. The third kappa shape index (κ3) is 4.05. The summed E-state index contributed by atoms with van der Waals surface area (Å²) in [5, 5.41) is 3.69. The van der Waals surface area contributed by atoms with Gasteiger partial charge in [0, 0.05) is 21.9 Å². The Hall–Kier alpha value is 0.620. The van der Waals surface area contributed by atoms with Crippen molar-refractivity contribution >= 4 is 43.2 Å². The summed E-state index contributed by atoms with van der Waals surface area (Å²) in [4.78, 5) is 1.40. The molecule has 1 saturated carbocycles. The van der Waals surface area contributed by atoms with Gasteiger partial charge in [0.15, 0.2) is 0 Å². The first-order valence-corrected chi connectivity index (χ1v) is 8.76. The van der Waals surface area contributed by atoms with Gasteiger partial charge in [0.2, 0.25) is 0 Å². The van der Waals surface area contributed by atoms with E-state index < -0.39 is 0 Å². The van der Waals surface area contributed by atoms with Crippen LogP contribution < -0.4 is 5.32 Å². The van der Waals surface area contributed by atoms with E-state index in [2.05, 4.69) is 50.2 Å². The molecule has 0 radical (unpaired) electrons. The smallest absolute Gasteiger partial charge is 0.0843 e. The molecule has 0 aliphatic heterocycles. The van der Waals surface area contributed by atoms with Gasteiger partial charge in [0.1, 0.15) is 0 Å². The van der Waals surface area contributed by atoms with Gasteiger partial charge in [0.05, 0.1) is 3.79 Å². The summed E-state index contributed by atoms with van der Waals surface area (Å²) in [5.74, 6) is 0.984. The second-order valence-corrected chi connectivity index (χ2v) is 8.15. The van der Waals surface area contributed by atoms with E-state index in [0.29, 0.717) is 0 Å². The third-order valence-corrected chi connectivity index (χ3v) is 6.94. The largest absolute Gasteiger partial charge is 0.309 e. The van der Waals surface area contributed by atoms with Crippen LogP contribution in [0.15, 0.2) is 14.3 Å². The molecule has 0 unspecified atom stereocenters. The van der Waals surface area contributed by atoms with Gasteiger partial charge in [-0.1, -0.05) is 13.3 Å². The molecule has 1 nitrogen and oxygen atoms in total. The highest BCUT2D eigenvalue weighted by atomic mass is 79.9. The molecule has 0 atom stereocenters. The fourth-order valence-electron chi connectivity index (χ4n) is 2.50. The van der Waals surface area contributed by atoms with Crippen molar-refractivity contribution in [1.82, 2.24) is 5.32 Å². The highest BCUT2D eigenvalue weighted by Gasteiger charge is 2.19. The van der Waals surface area contributed by atoms with Crippen LogP contribution in [0, 0.1) is 5.92 Å². The monoisotopic (exact) mass is 379 g/mol. The maximum atomic E-state index is 3.69. The van der Waals surface area contributed by atoms with E-state index in [9.17, 15) is 0 Å². The lowest BCUT2D eigenvalue weighted by molar-refractivity contribution is 0.285. The second kappa shape index (κ2) is 6.69. The van der Waals surface area contributed by atoms with Crippen LogP contribution in [-0.2, 0) is 6.54 Å². The number of thiophene rings is 1. The first-order chi connectivity index (χ1) is 8.19. The Morgan fingerprint density at radius 2 is 2.00 bits per heavy atom. The highest BCUT2D eigenvalue weighted by Crippen LogP contribution is 2.32. The first kappa shape index (κ1) is 14.0. The summed E-state index contributed by atoms with van der Waals surface area (Å²) in [6, 6.07) is 2.94. The van der Waals surface area contributed by atoms with E-state index in [1.165, 1.54) is 45.2 Å². The molecule has 96 valence electrons. The molecular formula is C13H19Br2NS. The maximum absolute atomic E-state index is 3.69. The molecule has 0 bridgehead atoms. The van der Waals surface area contributed by atoms with Crippen molar-refractivity contribution in [2.75, 3.05) is 0 Å². The van der Waals surface area contributed by atoms with Crippen LogP contribution in [0.2, 0.25) is 0 Å². The number of hydrogen-bond donors (Lipinski definition) is 1. The normalized spacial score (nSPS) is 25.1. The van der Waals surface area contributed by atoms with Gasteiger partial charge < -0.3 is 5.32 Å². The summed E-state index contributed by atoms with van der Waals surface area (Å²) in [6.07, 6.45) is 6.88. The lowest BCUT2D eigenvalue weighted by atomic mass is 9.84. The molecule has 0 saturated heterocycles. The summed E-state index contributed by atoms with van der Waals surface area (Å²) in [5.41, 5.74) is 0. The van der Waals surface area contributed by atoms with Crippen molar-refractivity contribution in [2.45, 2.75) is 51.6 Å². The maximum Gasteiger partial charge on any atom is 0.0843 e. The SMILES string of the molecule is CCC1CCC(NCc2cc(Br)c(Br)s2)CC1. The quantitative estimate of drug-likeness (QED) is 0.743. The van der Waals surface area contributed by atoms with E-state index in [1.54, 1.807) is 0 Å². The Kier molecular flexibility index (Phi) is 5.52. The van der Waals surface area contributed by atoms with Crippen LogP contribution in [0.5, 0.6) is 0 Å². The molecule has 1 fully saturated rings. The minimum atomic E-state index is 0.734. The van der Waals surface area contributed by atoms with Crippen LogP contribution in [0.3, 0.4) is 0 Å². The van der Waals surface area contributed by atoms with Crippen molar-refractivity contribution < 1.29 is 0 Å². The van der Waals surface area contributed by atoms with Gasteiger partial charge in [-0.25, -0.2) is 0 Å². The minimum Gasteiger partial charge on any atom is -0.309 e. The topological polar surface area (TPSA) is 12.0 Å². The molecule has 4 heteroatoms. The fourth-order valence-corrected chi connectivity index (χ4v) is 4.63. The molecule has 2 rings (SSSR count). The predicted molar refractivity (Wildman–Crippen MR) is 82.6 cm³/mol. The van der Waals surface area contributed by atoms with Gasteiger partial charge in [0.25, 0.3) is 0 Å². The molecule has 0 spiro atoms. The Labute approximate surface area is 125 Å². The van der Waals surface area contributed by atoms with Crippen LogP contribution in [0.25, 0.3) is 0 Å². The van der Waals surface area contributed by atoms with Crippen molar-refractivity contribution in [3.63, 3.8) is 0 Å². The second-order valence-electron chi connectivity index (χ2n) is 4.84. The highest BCUT2D eigenvalue weighted by molar-refractivity contribution is 9.13. The summed E-state index contributed by atoms with van der Waals surface area (Å²) in [6.45, 7) is 3.33. The molecule has 1 aromatic rings. The third-order valence-electron chi connectivity index (χ3n) is 3.69. The van der Waals surface area contributed by atoms with Gasteiger partial charge in [-0.15, -0.1) is 11.3 Å². The average molecular weight is 381 g/mol. The Morgan fingerprint density at radius 1 is 1.29 bits per heavy atom. The average Bonchev–Trinajstić information content (AvgIpc) is 2.67. The summed E-state index contributed by atoms with van der Waals surface area (Å²) in [7, 11) is 0. The number of hydrogen-bond acceptors (Lipinski definition) is 2. The molecule has 1 aliphatic rings. The van der Waals surface area contributed by atoms with Crippen LogP contribution in [0.4, 0.5) is 0 Å². The molecule has 17 heavy (non-hydrogen) atoms. The fraction of sp³-hybridized carbons (Fsp3) is 0.692. The van der Waals surface area contributed by atoms with Crippen molar-refractivity contribution in [2.24, 2.45) is 5.92 Å². The number of rotatable bonds is 4. The molecule has 0 amide bonds. The zero-order valence-electron chi connectivity index (χ0n) is 10.1. The zero-order chi connectivity index (χ0) is 12.3. The lowest BCUT2D eigenvalue weighted by Gasteiger charge is -2.28. The lowest BCUT2D eigenvalue weighted by Crippen LogP contribution is -2.32. The number of halogens is 2. The standard InChI is InChI=1S/C13H19Br2NS/c1-2-9-3-5-10(6-4-9)16-8-11-7-12(14)13(15)17-11/h7,9-10,16H,2-6,8H2,1H3. The van der Waals surface area contributed by atoms with Crippen LogP contribution in [-0.4, -0.2) is 6.04 Å². The summed E-state index contributed by atoms with van der Waals surface area (Å²) >= 11 is 8.89. The molecule has 1 heterocycles. The Bertz CT molecular complexity index is 337. The predicted octanol–water partition coefficient (Wildman–Crippen LogP) is 5.33. The van der Waals surface area contributed by atoms with E-state index in [0.717, 1.165) is 18.5 Å². The van der Waals surface area contributed by atoms with E-state index in [-0.39, 0.29) is 0 Å². The molecule has 1 N–H and O–H groups in total. The Morgan fingerprint density at radius 3 is 2.53 bits per heavy atom. The molecule has 0 aromatic carbocycles. The van der Waals surface area contributed by atoms with Crippen LogP contribution in [0.1, 0.15) is 43.9 Å². The first-order valence-electron chi connectivity index (χ1n) is 6.36. The molecule has 1 aromatic heterocycles. The Balaban J connectivity index is 1.75. The van der Waals surface area contributed by atoms with Crippen LogP contribution >= 0.6 is 43.2 Å². The van der Waals surface area contributed by atoms with Crippen molar-refractivity contribution in [3.8, 4) is 0 Å². The number of nitrogens with one attached hydrogen (secondary N) is 1. The van der Waals surface area contributed by atoms with Gasteiger partial charge in [-0.3, -0.25) is 0 Å². The van der Waals surface area contributed by atoms with Crippen molar-refractivity contribution in [1.29, 1.82) is 0 Å². The van der Waals surface area contributed by atoms with Crippen molar-refractivity contribution in [3.05, 3.63) is 19.2 Å². The minimum absolute atomic E-state index is 0.734.